The van der Waals surface area contributed by atoms with Gasteiger partial charge >= 0.3 is 19.9 Å². The highest BCUT2D eigenvalue weighted by Gasteiger charge is 2.28. The number of para-hydroxylation sites is 1. The number of benzene rings is 1. The minimum absolute atomic E-state index is 0.00607. The number of esters is 1. The molecule has 2 heterocycles. The van der Waals surface area contributed by atoms with Crippen molar-refractivity contribution >= 4 is 14.2 Å². The van der Waals surface area contributed by atoms with Gasteiger partial charge in [0.25, 0.3) is 5.56 Å². The first kappa shape index (κ1) is 31.5. The third kappa shape index (κ3) is 10.9. The average Bonchev–Trinajstić information content (AvgIpc) is 3.30. The molecule has 0 saturated carbocycles. The minimum atomic E-state index is -2.34. The van der Waals surface area contributed by atoms with Crippen molar-refractivity contribution in [2.75, 3.05) is 6.61 Å². The van der Waals surface area contributed by atoms with E-state index >= 15 is 0 Å². The van der Waals surface area contributed by atoms with Crippen LogP contribution < -0.4 is 21.5 Å². The fourth-order valence-electron chi connectivity index (χ4n) is 2.61. The van der Waals surface area contributed by atoms with Crippen LogP contribution in [0.15, 0.2) is 58.3 Å². The van der Waals surface area contributed by atoms with E-state index in [4.69, 9.17) is 24.3 Å². The maximum Gasteiger partial charge on any atom is 0.750 e. The number of hydrogen-bond donors (Lipinski definition) is 2. The molecule has 1 aromatic heterocycles. The molecule has 0 bridgehead atoms. The Morgan fingerprint density at radius 2 is 1.84 bits per heavy atom. The van der Waals surface area contributed by atoms with Gasteiger partial charge in [-0.05, 0) is 52.8 Å². The van der Waals surface area contributed by atoms with Gasteiger partial charge < -0.3 is 15.2 Å². The molecule has 3 rings (SSSR count). The summed E-state index contributed by atoms with van der Waals surface area (Å²) in [6.07, 6.45) is 11.6. The van der Waals surface area contributed by atoms with Gasteiger partial charge in [-0.15, -0.1) is 17.4 Å². The maximum absolute atomic E-state index is 11.9. The Bertz CT molecular complexity index is 1200. The number of terminal acetylenes is 1. The molecule has 0 amide bonds. The van der Waals surface area contributed by atoms with Gasteiger partial charge in [-0.3, -0.25) is 19.1 Å². The maximum atomic E-state index is 11.9. The molecule has 12 heteroatoms. The topological polar surface area (TPSA) is 152 Å². The highest BCUT2D eigenvalue weighted by Crippen LogP contribution is 2.29. The van der Waals surface area contributed by atoms with E-state index in [-0.39, 0.29) is 18.7 Å². The first-order chi connectivity index (χ1) is 17.4. The van der Waals surface area contributed by atoms with E-state index in [1.54, 1.807) is 71.0 Å². The van der Waals surface area contributed by atoms with E-state index in [1.165, 1.54) is 10.8 Å². The van der Waals surface area contributed by atoms with E-state index in [2.05, 4.69) is 17.8 Å². The van der Waals surface area contributed by atoms with Crippen LogP contribution in [0.5, 0.6) is 5.75 Å². The molecule has 37 heavy (non-hydrogen) atoms. The largest absolute Gasteiger partial charge is 0.750 e. The zero-order chi connectivity index (χ0) is 28.2. The smallest absolute Gasteiger partial charge is 0.462 e. The van der Waals surface area contributed by atoms with Gasteiger partial charge in [-0.25, -0.2) is 9.32 Å². The van der Waals surface area contributed by atoms with Crippen molar-refractivity contribution in [3.05, 3.63) is 75.1 Å². The lowest BCUT2D eigenvalue weighted by molar-refractivity contribution is -0.152. The molecule has 0 fully saturated rings. The van der Waals surface area contributed by atoms with Crippen LogP contribution in [-0.4, -0.2) is 39.9 Å². The predicted octanol–water partition coefficient (Wildman–Crippen LogP) is 2.98. The summed E-state index contributed by atoms with van der Waals surface area (Å²) in [4.78, 5) is 36.4. The van der Waals surface area contributed by atoms with E-state index in [0.717, 1.165) is 0 Å². The number of carbonyl (C=O) groups is 1. The van der Waals surface area contributed by atoms with Gasteiger partial charge in [0.15, 0.2) is 12.0 Å². The van der Waals surface area contributed by atoms with Gasteiger partial charge in [0.1, 0.15) is 18.2 Å². The Balaban J connectivity index is 0.000000483. The lowest BCUT2D eigenvalue weighted by atomic mass is 10.1. The number of nitrogens with zero attached hydrogens (tertiary/aromatic N) is 1. The summed E-state index contributed by atoms with van der Waals surface area (Å²) >= 11 is 0. The van der Waals surface area contributed by atoms with Crippen molar-refractivity contribution < 1.29 is 27.9 Å². The van der Waals surface area contributed by atoms with E-state index in [0.29, 0.717) is 11.3 Å². The molecule has 1 aromatic carbocycles. The molecule has 2 unspecified atom stereocenters. The van der Waals surface area contributed by atoms with E-state index < -0.39 is 37.4 Å². The lowest BCUT2D eigenvalue weighted by Gasteiger charge is -2.18. The molecule has 3 atom stereocenters. The second kappa shape index (κ2) is 14.9. The molecule has 200 valence electrons. The van der Waals surface area contributed by atoms with Crippen molar-refractivity contribution in [3.63, 3.8) is 0 Å². The van der Waals surface area contributed by atoms with Gasteiger partial charge in [-0.2, -0.15) is 0 Å². The van der Waals surface area contributed by atoms with Crippen LogP contribution in [0.1, 0.15) is 39.5 Å². The number of aryl methyl sites for hydroxylation is 1. The second-order valence-corrected chi connectivity index (χ2v) is 9.42. The number of ether oxygens (including phenoxy) is 2. The van der Waals surface area contributed by atoms with Gasteiger partial charge in [0.2, 0.25) is 0 Å². The summed E-state index contributed by atoms with van der Waals surface area (Å²) in [6.45, 7) is 8.44. The van der Waals surface area contributed by atoms with E-state index in [9.17, 15) is 18.9 Å². The number of aromatic amines is 1. The number of carbonyl (C=O) groups excluding carboxylic acids is 1. The number of aromatic nitrogens is 2. The van der Waals surface area contributed by atoms with Crippen molar-refractivity contribution in [1.82, 2.24) is 9.55 Å². The summed E-state index contributed by atoms with van der Waals surface area (Å²) in [5.41, 5.74) is 3.98. The van der Waals surface area contributed by atoms with Crippen molar-refractivity contribution in [2.24, 2.45) is 5.73 Å². The molecule has 1 aliphatic heterocycles. The average molecular weight is 535 g/mol. The molecular formula is C25H33N3O8P+. The van der Waals surface area contributed by atoms with Crippen LogP contribution >= 0.6 is 8.25 Å². The summed E-state index contributed by atoms with van der Waals surface area (Å²) in [6, 6.07) is 8.68. The summed E-state index contributed by atoms with van der Waals surface area (Å²) in [7, 11) is -2.34. The van der Waals surface area contributed by atoms with Crippen LogP contribution in [0, 0.1) is 19.8 Å². The lowest BCUT2D eigenvalue weighted by Crippen LogP contribution is -2.43. The number of nitrogens with one attached hydrogen (secondary N) is 1. The van der Waals surface area contributed by atoms with Crippen LogP contribution in [0.4, 0.5) is 0 Å². The Kier molecular flexibility index (Phi) is 12.7. The third-order valence-electron chi connectivity index (χ3n) is 4.36. The van der Waals surface area contributed by atoms with Gasteiger partial charge in [0, 0.05) is 16.3 Å². The molecule has 0 spiro atoms. The SMILES string of the molecule is C#C.CC(C)OC(=O)C(C)(C)N.Cc1cn(C2C=C[C@@H](CO[P+](=O)Oc3ccccc3)O2)c(=O)[nH]c1=O. The Hall–Kier alpha value is -3.55. The molecule has 11 nitrogen and oxygen atoms in total. The van der Waals surface area contributed by atoms with Crippen LogP contribution in [0.3, 0.4) is 0 Å². The fraction of sp³-hybridized carbons (Fsp3) is 0.400. The second-order valence-electron chi connectivity index (χ2n) is 8.53. The van der Waals surface area contributed by atoms with Crippen molar-refractivity contribution in [2.45, 2.75) is 58.6 Å². The molecule has 0 aliphatic carbocycles. The molecule has 1 aliphatic rings. The standard InChI is InChI=1S/C16H15N2O6P.C7H15NO2.C2H2/c1-11-9-18(16(20)17-15(11)19)14-8-7-13(23-14)10-22-25(21)24-12-5-3-2-4-6-12;1-5(2)10-6(9)7(3,4)8;1-2/h2-9,13-14H,10H2,1H3;5H,8H2,1-4H3;1-2H/p+1/t13-,14?;;/m0../s1. The third-order valence-corrected chi connectivity index (χ3v) is 5.08. The summed E-state index contributed by atoms with van der Waals surface area (Å²) < 4.78 is 33.9. The molecular weight excluding hydrogens is 501 g/mol. The van der Waals surface area contributed by atoms with Gasteiger partial charge in [-0.1, -0.05) is 24.3 Å². The number of hydrogen-bond acceptors (Lipinski definition) is 9. The molecule has 0 saturated heterocycles. The van der Waals surface area contributed by atoms with Gasteiger partial charge in [0.05, 0.1) is 6.10 Å². The van der Waals surface area contributed by atoms with Crippen molar-refractivity contribution in [3.8, 4) is 18.6 Å². The number of nitrogens with two attached hydrogens (primary N) is 1. The van der Waals surface area contributed by atoms with Crippen molar-refractivity contribution in [1.29, 1.82) is 0 Å². The highest BCUT2D eigenvalue weighted by molar-refractivity contribution is 7.33. The van der Waals surface area contributed by atoms with Crippen LogP contribution in [-0.2, 0) is 23.4 Å². The highest BCUT2D eigenvalue weighted by atomic mass is 31.1. The molecule has 0 radical (unpaired) electrons. The summed E-state index contributed by atoms with van der Waals surface area (Å²) in [5.74, 6) is 0.0853. The normalized spacial score (nSPS) is 16.6. The monoisotopic (exact) mass is 534 g/mol. The Morgan fingerprint density at radius 3 is 2.38 bits per heavy atom. The Morgan fingerprint density at radius 1 is 1.22 bits per heavy atom. The fourth-order valence-corrected chi connectivity index (χ4v) is 3.23. The quantitative estimate of drug-likeness (QED) is 0.225. The summed E-state index contributed by atoms with van der Waals surface area (Å²) in [5, 5.41) is 0. The van der Waals surface area contributed by atoms with Crippen LogP contribution in [0.25, 0.3) is 0 Å². The first-order valence-electron chi connectivity index (χ1n) is 11.2. The predicted molar refractivity (Wildman–Crippen MR) is 139 cm³/mol. The number of rotatable bonds is 8. The van der Waals surface area contributed by atoms with Crippen LogP contribution in [0.2, 0.25) is 0 Å². The zero-order valence-corrected chi connectivity index (χ0v) is 22.3. The molecule has 2 aromatic rings. The number of H-pyrrole nitrogens is 1. The molecule has 3 N–H and O–H groups in total. The van der Waals surface area contributed by atoms with E-state index in [1.807, 2.05) is 6.07 Å². The minimum Gasteiger partial charge on any atom is -0.462 e. The Labute approximate surface area is 216 Å². The first-order valence-corrected chi connectivity index (χ1v) is 12.3. The zero-order valence-electron chi connectivity index (χ0n) is 21.5.